The van der Waals surface area contributed by atoms with Crippen molar-refractivity contribution in [1.82, 2.24) is 24.2 Å². The zero-order chi connectivity index (χ0) is 46.6. The second kappa shape index (κ2) is 18.1. The number of Topliss-reactive ketones (excluding diaryl/α,β-unsaturated/α-hetero) is 1. The van der Waals surface area contributed by atoms with E-state index in [9.17, 15) is 27.6 Å². The Morgan fingerprint density at radius 3 is 2.52 bits per heavy atom. The number of thiazole rings is 1. The number of benzene rings is 2. The molecular weight excluding hydrogens is 910 g/mol. The summed E-state index contributed by atoms with van der Waals surface area (Å²) in [6, 6.07) is 10.5. The Kier molecular flexibility index (Phi) is 13.1. The van der Waals surface area contributed by atoms with Gasteiger partial charge < -0.3 is 14.4 Å². The fraction of sp³-hybridized carbons (Fsp3) is 0.542. The van der Waals surface area contributed by atoms with Gasteiger partial charge in [0.1, 0.15) is 22.2 Å². The van der Waals surface area contributed by atoms with E-state index < -0.39 is 55.7 Å². The molecule has 4 aliphatic rings. The van der Waals surface area contributed by atoms with Crippen LogP contribution < -0.4 is 9.46 Å². The fourth-order valence-corrected chi connectivity index (χ4v) is 11.7. The molecule has 0 radical (unpaired) electrons. The van der Waals surface area contributed by atoms with Gasteiger partial charge in [0.05, 0.1) is 50.4 Å². The lowest BCUT2D eigenvalue weighted by atomic mass is 9.90. The largest absolute Gasteiger partial charge is 0.460 e. The van der Waals surface area contributed by atoms with E-state index in [-0.39, 0.29) is 49.5 Å². The van der Waals surface area contributed by atoms with Crippen molar-refractivity contribution in [3.8, 4) is 27.8 Å². The highest BCUT2D eigenvalue weighted by molar-refractivity contribution is 7.91. The number of hydrogen-bond acceptors (Lipinski definition) is 11. The molecule has 1 saturated heterocycles. The van der Waals surface area contributed by atoms with Crippen LogP contribution in [0.5, 0.6) is 6.01 Å². The maximum Gasteiger partial charge on any atom is 0.307 e. The third kappa shape index (κ3) is 9.90. The lowest BCUT2D eigenvalue weighted by Gasteiger charge is -2.29. The molecular formula is C48H57Cl2N5O8S2. The number of halogens is 2. The van der Waals surface area contributed by atoms with Crippen LogP contribution in [0.25, 0.3) is 32.9 Å². The Morgan fingerprint density at radius 1 is 1.05 bits per heavy atom. The monoisotopic (exact) mass is 965 g/mol. The maximum absolute atomic E-state index is 14.9. The molecule has 348 valence electrons. The molecule has 2 aromatic carbocycles. The highest BCUT2D eigenvalue weighted by atomic mass is 35.5. The Balaban J connectivity index is 1.12. The van der Waals surface area contributed by atoms with Gasteiger partial charge in [-0.2, -0.15) is 4.98 Å². The van der Waals surface area contributed by atoms with Gasteiger partial charge in [-0.1, -0.05) is 60.3 Å². The minimum atomic E-state index is -3.97. The van der Waals surface area contributed by atoms with E-state index >= 15 is 0 Å². The second-order valence-electron chi connectivity index (χ2n) is 19.7. The van der Waals surface area contributed by atoms with E-state index in [1.165, 1.54) is 16.2 Å². The van der Waals surface area contributed by atoms with Gasteiger partial charge in [0.15, 0.2) is 5.78 Å². The second-order valence-corrected chi connectivity index (χ2v) is 23.6. The number of ether oxygens (including phenoxy) is 2. The average Bonchev–Trinajstić information content (AvgIpc) is 3.90. The van der Waals surface area contributed by atoms with E-state index in [2.05, 4.69) is 4.72 Å². The van der Waals surface area contributed by atoms with Gasteiger partial charge in [0, 0.05) is 41.3 Å². The zero-order valence-corrected chi connectivity index (χ0v) is 40.8. The molecule has 2 saturated carbocycles. The average molecular weight is 967 g/mol. The normalized spacial score (nSPS) is 25.3. The smallest absolute Gasteiger partial charge is 0.307 e. The molecule has 4 aromatic rings. The quantitative estimate of drug-likeness (QED) is 0.119. The van der Waals surface area contributed by atoms with Crippen LogP contribution in [0, 0.1) is 17.3 Å². The van der Waals surface area contributed by atoms with Crippen molar-refractivity contribution < 1.29 is 37.1 Å². The van der Waals surface area contributed by atoms with E-state index in [1.807, 2.05) is 60.2 Å². The molecule has 17 heteroatoms. The first-order valence-electron chi connectivity index (χ1n) is 22.6. The SMILES string of the molecule is CC(C)n1c(O[C@@H]2C[C@H]3C(=O)C[C@]4(C(=O)NS(=O)(=O)C5(C)CC5)C[C@H]4/C=C\CCCCC[C@H](CC(=O)OC(C)(C)C)C(=O)N3C2)nc2c(-c3nc(-c4ccc(Cl)c(Cl)c4)cs3)cccc21. The van der Waals surface area contributed by atoms with Crippen LogP contribution in [0.1, 0.15) is 118 Å². The molecule has 0 unspecified atom stereocenters. The number of aromatic nitrogens is 3. The summed E-state index contributed by atoms with van der Waals surface area (Å²) in [6.07, 6.45) is 7.61. The van der Waals surface area contributed by atoms with Crippen LogP contribution >= 0.6 is 34.5 Å². The molecule has 13 nitrogen and oxygen atoms in total. The first-order valence-corrected chi connectivity index (χ1v) is 25.7. The molecule has 4 heterocycles. The number of esters is 1. The summed E-state index contributed by atoms with van der Waals surface area (Å²) >= 11 is 14.0. The summed E-state index contributed by atoms with van der Waals surface area (Å²) in [5, 5.41) is 3.58. The van der Waals surface area contributed by atoms with Gasteiger partial charge in [-0.15, -0.1) is 11.3 Å². The maximum atomic E-state index is 14.9. The molecule has 0 spiro atoms. The highest BCUT2D eigenvalue weighted by Gasteiger charge is 2.62. The number of carbonyl (C=O) groups excluding carboxylic acids is 4. The number of ketones is 1. The Morgan fingerprint density at radius 2 is 1.82 bits per heavy atom. The van der Waals surface area contributed by atoms with Crippen LogP contribution in [-0.2, 0) is 33.9 Å². The molecule has 2 amide bonds. The minimum absolute atomic E-state index is 0.0307. The van der Waals surface area contributed by atoms with E-state index in [1.54, 1.807) is 39.8 Å². The Labute approximate surface area is 394 Å². The molecule has 2 aliphatic heterocycles. The Hall–Kier alpha value is -4.31. The third-order valence-corrected chi connectivity index (χ3v) is 17.0. The van der Waals surface area contributed by atoms with Gasteiger partial charge in [0.25, 0.3) is 6.01 Å². The standard InChI is InChI=1S/C48H57Cl2N5O8S2/c1-28(2)55-37-16-12-15-33(42-51-36(27-64-42)29-17-18-34(49)35(50)21-29)41(37)52-45(55)62-32-23-38-39(56)25-48(44(59)53-65(60,61)47(6)19-20-47)24-31(48)14-11-9-7-8-10-13-30(43(58)54(38)26-32)22-40(57)63-46(3,4)5/h11-12,14-18,21,27-28,30-32,38H,7-10,13,19-20,22-26H2,1-6H3,(H,53,59)/b14-11-/t30-,31-,32-,38+,48-/m1/s1. The van der Waals surface area contributed by atoms with E-state index in [4.69, 9.17) is 42.6 Å². The molecule has 65 heavy (non-hydrogen) atoms. The highest BCUT2D eigenvalue weighted by Crippen LogP contribution is 2.58. The first-order chi connectivity index (χ1) is 30.7. The van der Waals surface area contributed by atoms with Crippen molar-refractivity contribution in [3.63, 3.8) is 0 Å². The number of rotatable bonds is 10. The molecule has 3 fully saturated rings. The summed E-state index contributed by atoms with van der Waals surface area (Å²) in [7, 11) is -3.97. The van der Waals surface area contributed by atoms with Gasteiger partial charge >= 0.3 is 5.97 Å². The number of imidazole rings is 1. The van der Waals surface area contributed by atoms with Crippen molar-refractivity contribution in [2.75, 3.05) is 6.54 Å². The number of para-hydroxylation sites is 1. The van der Waals surface area contributed by atoms with Gasteiger partial charge in [0.2, 0.25) is 21.8 Å². The first kappa shape index (κ1) is 47.2. The van der Waals surface area contributed by atoms with Crippen molar-refractivity contribution >= 4 is 79.2 Å². The molecule has 1 N–H and O–H groups in total. The lowest BCUT2D eigenvalue weighted by Crippen LogP contribution is -2.47. The molecule has 5 atom stereocenters. The molecule has 2 aromatic heterocycles. The Bertz CT molecular complexity index is 2670. The minimum Gasteiger partial charge on any atom is -0.460 e. The van der Waals surface area contributed by atoms with Crippen molar-refractivity contribution in [2.45, 2.75) is 141 Å². The van der Waals surface area contributed by atoms with Gasteiger partial charge in [-0.3, -0.25) is 28.5 Å². The van der Waals surface area contributed by atoms with Crippen LogP contribution in [-0.4, -0.2) is 80.5 Å². The number of sulfonamides is 1. The number of fused-ring (bicyclic) bond motifs is 3. The summed E-state index contributed by atoms with van der Waals surface area (Å²) in [4.78, 5) is 68.7. The van der Waals surface area contributed by atoms with Crippen LogP contribution in [0.2, 0.25) is 10.0 Å². The summed E-state index contributed by atoms with van der Waals surface area (Å²) in [5.74, 6) is -3.00. The van der Waals surface area contributed by atoms with Crippen LogP contribution in [0.15, 0.2) is 53.9 Å². The summed E-state index contributed by atoms with van der Waals surface area (Å²) < 4.78 is 42.4. The van der Waals surface area contributed by atoms with Crippen molar-refractivity contribution in [2.24, 2.45) is 17.3 Å². The van der Waals surface area contributed by atoms with Crippen LogP contribution in [0.3, 0.4) is 0 Å². The zero-order valence-electron chi connectivity index (χ0n) is 37.7. The van der Waals surface area contributed by atoms with Crippen molar-refractivity contribution in [3.05, 3.63) is 64.0 Å². The molecule has 2 aliphatic carbocycles. The van der Waals surface area contributed by atoms with Crippen molar-refractivity contribution in [1.29, 1.82) is 0 Å². The predicted octanol–water partition coefficient (Wildman–Crippen LogP) is 9.90. The third-order valence-electron chi connectivity index (χ3n) is 13.2. The number of nitrogens with zero attached hydrogens (tertiary/aromatic N) is 4. The molecule has 8 rings (SSSR count). The van der Waals surface area contributed by atoms with Gasteiger partial charge in [-0.25, -0.2) is 13.4 Å². The van der Waals surface area contributed by atoms with E-state index in [0.29, 0.717) is 53.7 Å². The summed E-state index contributed by atoms with van der Waals surface area (Å²) in [5.41, 5.74) is 1.79. The number of nitrogens with one attached hydrogen (secondary N) is 1. The number of allylic oxidation sites excluding steroid dienone is 2. The van der Waals surface area contributed by atoms with Crippen LogP contribution in [0.4, 0.5) is 0 Å². The predicted molar refractivity (Wildman–Crippen MR) is 252 cm³/mol. The molecule has 0 bridgehead atoms. The topological polar surface area (TPSA) is 167 Å². The lowest BCUT2D eigenvalue weighted by molar-refractivity contribution is -0.159. The number of amides is 2. The van der Waals surface area contributed by atoms with E-state index in [0.717, 1.165) is 46.6 Å². The fourth-order valence-electron chi connectivity index (χ4n) is 9.19. The number of hydrogen-bond donors (Lipinski definition) is 1. The summed E-state index contributed by atoms with van der Waals surface area (Å²) in [6.45, 7) is 11.0. The number of carbonyl (C=O) groups is 4. The van der Waals surface area contributed by atoms with Gasteiger partial charge in [-0.05, 0) is 110 Å².